The first-order chi connectivity index (χ1) is 26.7. The summed E-state index contributed by atoms with van der Waals surface area (Å²) in [4.78, 5) is 10.6. The highest BCUT2D eigenvalue weighted by molar-refractivity contribution is 6.13. The zero-order chi connectivity index (χ0) is 36.4. The van der Waals surface area contributed by atoms with Crippen LogP contribution in [0.3, 0.4) is 0 Å². The van der Waals surface area contributed by atoms with Gasteiger partial charge in [-0.1, -0.05) is 158 Å². The molecule has 54 heavy (non-hydrogen) atoms. The SMILES string of the molecule is N#Cc1ccccc1-c1cc(-c2ccc(-c3ccccc3)cc2)c2ccc3c(-c4ccc(-c5ccccc5)cc4)cc(-c4ccccc4C#N)nc3c2n1. The Morgan fingerprint density at radius 2 is 0.648 bits per heavy atom. The predicted octanol–water partition coefficient (Wildman–Crippen LogP) is 12.5. The first-order valence-corrected chi connectivity index (χ1v) is 17.8. The lowest BCUT2D eigenvalue weighted by Gasteiger charge is -2.16. The van der Waals surface area contributed by atoms with Gasteiger partial charge in [-0.3, -0.25) is 0 Å². The van der Waals surface area contributed by atoms with Crippen molar-refractivity contribution in [3.8, 4) is 79.2 Å². The molecular formula is C50H30N4. The maximum atomic E-state index is 10.1. The van der Waals surface area contributed by atoms with Gasteiger partial charge in [0.05, 0.1) is 45.7 Å². The van der Waals surface area contributed by atoms with Crippen LogP contribution in [0.25, 0.3) is 88.8 Å². The Morgan fingerprint density at radius 3 is 1.04 bits per heavy atom. The van der Waals surface area contributed by atoms with Gasteiger partial charge in [0.1, 0.15) is 0 Å². The van der Waals surface area contributed by atoms with E-state index in [1.807, 2.05) is 84.9 Å². The second-order valence-electron chi connectivity index (χ2n) is 13.2. The number of rotatable bonds is 6. The van der Waals surface area contributed by atoms with Gasteiger partial charge in [0.15, 0.2) is 0 Å². The molecule has 0 atom stereocenters. The van der Waals surface area contributed by atoms with Crippen LogP contribution in [0.5, 0.6) is 0 Å². The van der Waals surface area contributed by atoms with Crippen LogP contribution in [0.1, 0.15) is 11.1 Å². The fourth-order valence-corrected chi connectivity index (χ4v) is 7.28. The zero-order valence-corrected chi connectivity index (χ0v) is 29.1. The van der Waals surface area contributed by atoms with E-state index in [2.05, 4.69) is 109 Å². The molecule has 0 saturated carbocycles. The lowest BCUT2D eigenvalue weighted by molar-refractivity contribution is 1.35. The monoisotopic (exact) mass is 686 g/mol. The van der Waals surface area contributed by atoms with E-state index in [1.165, 1.54) is 0 Å². The van der Waals surface area contributed by atoms with Crippen molar-refractivity contribution in [2.45, 2.75) is 0 Å². The fraction of sp³-hybridized carbons (Fsp3) is 0. The van der Waals surface area contributed by atoms with E-state index in [1.54, 1.807) is 0 Å². The average molecular weight is 687 g/mol. The first-order valence-electron chi connectivity index (χ1n) is 17.8. The van der Waals surface area contributed by atoms with Crippen molar-refractivity contribution in [2.24, 2.45) is 0 Å². The summed E-state index contributed by atoms with van der Waals surface area (Å²) >= 11 is 0. The molecule has 0 radical (unpaired) electrons. The zero-order valence-electron chi connectivity index (χ0n) is 29.1. The summed E-state index contributed by atoms with van der Waals surface area (Å²) in [6, 6.07) is 66.2. The lowest BCUT2D eigenvalue weighted by Crippen LogP contribution is -1.97. The van der Waals surface area contributed by atoms with Crippen molar-refractivity contribution in [1.82, 2.24) is 9.97 Å². The van der Waals surface area contributed by atoms with Crippen molar-refractivity contribution < 1.29 is 0 Å². The van der Waals surface area contributed by atoms with Crippen molar-refractivity contribution in [2.75, 3.05) is 0 Å². The van der Waals surface area contributed by atoms with E-state index in [-0.39, 0.29) is 0 Å². The summed E-state index contributed by atoms with van der Waals surface area (Å²) in [5.74, 6) is 0. The molecule has 9 rings (SSSR count). The quantitative estimate of drug-likeness (QED) is 0.163. The number of pyridine rings is 2. The second kappa shape index (κ2) is 13.8. The van der Waals surface area contributed by atoms with Gasteiger partial charge in [0, 0.05) is 21.9 Å². The number of benzene rings is 7. The minimum Gasteiger partial charge on any atom is -0.245 e. The van der Waals surface area contributed by atoms with Gasteiger partial charge in [-0.05, 0) is 68.8 Å². The molecule has 7 aromatic carbocycles. The molecule has 9 aromatic rings. The Kier molecular flexibility index (Phi) is 8.25. The van der Waals surface area contributed by atoms with Crippen LogP contribution < -0.4 is 0 Å². The molecule has 0 amide bonds. The van der Waals surface area contributed by atoms with E-state index in [4.69, 9.17) is 9.97 Å². The minimum atomic E-state index is 0.547. The molecular weight excluding hydrogens is 657 g/mol. The first kappa shape index (κ1) is 32.3. The Labute approximate surface area is 313 Å². The summed E-state index contributed by atoms with van der Waals surface area (Å²) in [7, 11) is 0. The van der Waals surface area contributed by atoms with Gasteiger partial charge < -0.3 is 0 Å². The Bertz CT molecular complexity index is 2720. The summed E-state index contributed by atoms with van der Waals surface area (Å²) in [6.45, 7) is 0. The van der Waals surface area contributed by atoms with E-state index in [9.17, 15) is 10.5 Å². The molecule has 0 aliphatic carbocycles. The van der Waals surface area contributed by atoms with E-state index in [0.717, 1.165) is 77.4 Å². The second-order valence-corrected chi connectivity index (χ2v) is 13.2. The van der Waals surface area contributed by atoms with Crippen LogP contribution in [-0.2, 0) is 0 Å². The molecule has 2 aromatic heterocycles. The summed E-state index contributed by atoms with van der Waals surface area (Å²) in [6.07, 6.45) is 0. The van der Waals surface area contributed by atoms with Gasteiger partial charge in [0.25, 0.3) is 0 Å². The van der Waals surface area contributed by atoms with Crippen molar-refractivity contribution in [1.29, 1.82) is 10.5 Å². The molecule has 4 heteroatoms. The number of hydrogen-bond donors (Lipinski definition) is 0. The average Bonchev–Trinajstić information content (AvgIpc) is 3.26. The van der Waals surface area contributed by atoms with Gasteiger partial charge in [-0.2, -0.15) is 10.5 Å². The fourth-order valence-electron chi connectivity index (χ4n) is 7.28. The Morgan fingerprint density at radius 1 is 0.315 bits per heavy atom. The summed E-state index contributed by atoms with van der Waals surface area (Å²) in [5.41, 5.74) is 14.0. The summed E-state index contributed by atoms with van der Waals surface area (Å²) < 4.78 is 0. The molecule has 0 N–H and O–H groups in total. The van der Waals surface area contributed by atoms with Gasteiger partial charge in [-0.25, -0.2) is 9.97 Å². The number of aromatic nitrogens is 2. The maximum absolute atomic E-state index is 10.1. The van der Waals surface area contributed by atoms with E-state index >= 15 is 0 Å². The van der Waals surface area contributed by atoms with Crippen LogP contribution in [0, 0.1) is 22.7 Å². The largest absolute Gasteiger partial charge is 0.245 e. The molecule has 4 nitrogen and oxygen atoms in total. The highest BCUT2D eigenvalue weighted by Crippen LogP contribution is 2.41. The van der Waals surface area contributed by atoms with Crippen LogP contribution >= 0.6 is 0 Å². The minimum absolute atomic E-state index is 0.547. The van der Waals surface area contributed by atoms with Crippen LogP contribution in [-0.4, -0.2) is 9.97 Å². The third-order valence-corrected chi connectivity index (χ3v) is 10.0. The van der Waals surface area contributed by atoms with Crippen molar-refractivity contribution in [3.05, 3.63) is 193 Å². The number of fused-ring (bicyclic) bond motifs is 3. The standard InChI is InChI=1S/C50H30N4/c51-31-39-15-7-9-17-41(39)47-29-45(37-23-19-35(20-24-37)33-11-3-1-4-12-33)43-27-28-44-46(38-25-21-36(22-26-38)34-13-5-2-6-14-34)30-48(54-50(44)49(43)53-47)42-18-10-8-16-40(42)32-52/h1-30H. The van der Waals surface area contributed by atoms with E-state index in [0.29, 0.717) is 22.5 Å². The molecule has 0 bridgehead atoms. The smallest absolute Gasteiger partial charge is 0.0998 e. The molecule has 0 aliphatic heterocycles. The van der Waals surface area contributed by atoms with E-state index < -0.39 is 0 Å². The molecule has 0 spiro atoms. The highest BCUT2D eigenvalue weighted by atomic mass is 14.8. The highest BCUT2D eigenvalue weighted by Gasteiger charge is 2.19. The third kappa shape index (κ3) is 5.85. The number of hydrogen-bond acceptors (Lipinski definition) is 4. The number of nitriles is 2. The molecule has 2 heterocycles. The lowest BCUT2D eigenvalue weighted by atomic mass is 9.92. The van der Waals surface area contributed by atoms with Gasteiger partial charge in [0.2, 0.25) is 0 Å². The predicted molar refractivity (Wildman–Crippen MR) is 219 cm³/mol. The molecule has 0 saturated heterocycles. The van der Waals surface area contributed by atoms with Crippen LogP contribution in [0.15, 0.2) is 182 Å². The van der Waals surface area contributed by atoms with Crippen molar-refractivity contribution in [3.63, 3.8) is 0 Å². The topological polar surface area (TPSA) is 73.4 Å². The van der Waals surface area contributed by atoms with Crippen LogP contribution in [0.4, 0.5) is 0 Å². The maximum Gasteiger partial charge on any atom is 0.0998 e. The molecule has 0 fully saturated rings. The van der Waals surface area contributed by atoms with Crippen molar-refractivity contribution >= 4 is 21.8 Å². The van der Waals surface area contributed by atoms with Gasteiger partial charge >= 0.3 is 0 Å². The van der Waals surface area contributed by atoms with Crippen LogP contribution in [0.2, 0.25) is 0 Å². The van der Waals surface area contributed by atoms with Gasteiger partial charge in [-0.15, -0.1) is 0 Å². The molecule has 0 aliphatic rings. The Hall–Kier alpha value is -7.66. The molecule has 250 valence electrons. The normalized spacial score (nSPS) is 10.9. The molecule has 0 unspecified atom stereocenters. The Balaban J connectivity index is 1.33. The summed E-state index contributed by atoms with van der Waals surface area (Å²) in [5, 5.41) is 22.2. The third-order valence-electron chi connectivity index (χ3n) is 10.0. The number of nitrogens with zero attached hydrogens (tertiary/aromatic N) is 4.